The lowest BCUT2D eigenvalue weighted by molar-refractivity contribution is 0.0697. The first-order valence-electron chi connectivity index (χ1n) is 4.82. The number of hydrogen-bond acceptors (Lipinski definition) is 3. The van der Waals surface area contributed by atoms with Crippen molar-refractivity contribution in [2.24, 2.45) is 0 Å². The summed E-state index contributed by atoms with van der Waals surface area (Å²) in [4.78, 5) is 14.7. The lowest BCUT2D eigenvalue weighted by atomic mass is 9.93. The minimum Gasteiger partial charge on any atom is -0.478 e. The Morgan fingerprint density at radius 3 is 2.87 bits per heavy atom. The Hall–Kier alpha value is -1.29. The Kier molecular flexibility index (Phi) is 2.77. The maximum absolute atomic E-state index is 10.9. The minimum absolute atomic E-state index is 0.173. The van der Waals surface area contributed by atoms with Crippen LogP contribution in [0.25, 0.3) is 0 Å². The summed E-state index contributed by atoms with van der Waals surface area (Å²) in [5.41, 5.74) is 0.735. The molecule has 0 aromatic carbocycles. The summed E-state index contributed by atoms with van der Waals surface area (Å²) in [6.45, 7) is 0. The molecule has 4 nitrogen and oxygen atoms in total. The number of nitrogens with zero attached hydrogens (tertiary/aromatic N) is 1. The Morgan fingerprint density at radius 2 is 2.33 bits per heavy atom. The summed E-state index contributed by atoms with van der Waals surface area (Å²) in [5.74, 6) is -0.985. The van der Waals surface area contributed by atoms with Crippen LogP contribution >= 0.6 is 11.6 Å². The number of aromatic nitrogens is 1. The predicted molar refractivity (Wildman–Crippen MR) is 57.5 cm³/mol. The first-order valence-corrected chi connectivity index (χ1v) is 5.20. The van der Waals surface area contributed by atoms with Gasteiger partial charge in [-0.3, -0.25) is 0 Å². The van der Waals surface area contributed by atoms with E-state index >= 15 is 0 Å². The van der Waals surface area contributed by atoms with Crippen LogP contribution in [-0.4, -0.2) is 22.1 Å². The Labute approximate surface area is 92.3 Å². The fourth-order valence-corrected chi connectivity index (χ4v) is 1.65. The molecule has 1 heterocycles. The number of halogens is 1. The molecule has 0 unspecified atom stereocenters. The van der Waals surface area contributed by atoms with Crippen LogP contribution < -0.4 is 5.32 Å². The molecule has 0 amide bonds. The topological polar surface area (TPSA) is 62.2 Å². The standard InChI is InChI=1S/C10H11ClN2O2/c11-9-4-8(13-6-2-1-3-6)7(5-12-9)10(14)15/h4-6H,1-3H2,(H,12,13)(H,14,15). The van der Waals surface area contributed by atoms with Crippen molar-refractivity contribution in [1.29, 1.82) is 0 Å². The van der Waals surface area contributed by atoms with Crippen molar-refractivity contribution in [2.45, 2.75) is 25.3 Å². The molecule has 0 spiro atoms. The van der Waals surface area contributed by atoms with E-state index in [1.165, 1.54) is 12.6 Å². The van der Waals surface area contributed by atoms with Gasteiger partial charge in [0.1, 0.15) is 10.7 Å². The number of carboxylic acids is 1. The number of pyridine rings is 1. The molecule has 80 valence electrons. The van der Waals surface area contributed by atoms with Crippen LogP contribution in [0, 0.1) is 0 Å². The van der Waals surface area contributed by atoms with Gasteiger partial charge in [0.05, 0.1) is 5.69 Å². The molecule has 5 heteroatoms. The second kappa shape index (κ2) is 4.06. The van der Waals surface area contributed by atoms with Crippen molar-refractivity contribution in [3.8, 4) is 0 Å². The van der Waals surface area contributed by atoms with Crippen LogP contribution in [0.2, 0.25) is 5.15 Å². The zero-order valence-electron chi connectivity index (χ0n) is 8.03. The first kappa shape index (κ1) is 10.2. The van der Waals surface area contributed by atoms with Crippen molar-refractivity contribution in [2.75, 3.05) is 5.32 Å². The summed E-state index contributed by atoms with van der Waals surface area (Å²) in [7, 11) is 0. The summed E-state index contributed by atoms with van der Waals surface area (Å²) in [6, 6.07) is 1.94. The molecular formula is C10H11ClN2O2. The lowest BCUT2D eigenvalue weighted by Gasteiger charge is -2.28. The van der Waals surface area contributed by atoms with Gasteiger partial charge >= 0.3 is 5.97 Å². The van der Waals surface area contributed by atoms with Crippen LogP contribution in [0.3, 0.4) is 0 Å². The van der Waals surface area contributed by atoms with E-state index in [2.05, 4.69) is 10.3 Å². The fourth-order valence-electron chi connectivity index (χ4n) is 1.49. The highest BCUT2D eigenvalue weighted by molar-refractivity contribution is 6.29. The monoisotopic (exact) mass is 226 g/mol. The highest BCUT2D eigenvalue weighted by Gasteiger charge is 2.20. The maximum Gasteiger partial charge on any atom is 0.339 e. The van der Waals surface area contributed by atoms with E-state index in [0.29, 0.717) is 16.9 Å². The number of anilines is 1. The van der Waals surface area contributed by atoms with Gasteiger partial charge in [-0.25, -0.2) is 9.78 Å². The van der Waals surface area contributed by atoms with E-state index in [4.69, 9.17) is 16.7 Å². The summed E-state index contributed by atoms with van der Waals surface area (Å²) < 4.78 is 0. The van der Waals surface area contributed by atoms with Gasteiger partial charge in [-0.05, 0) is 25.3 Å². The molecule has 0 saturated heterocycles. The average Bonchev–Trinajstić information content (AvgIpc) is 2.11. The van der Waals surface area contributed by atoms with E-state index < -0.39 is 5.97 Å². The minimum atomic E-state index is -0.985. The fraction of sp³-hybridized carbons (Fsp3) is 0.400. The zero-order chi connectivity index (χ0) is 10.8. The van der Waals surface area contributed by atoms with E-state index in [-0.39, 0.29) is 5.56 Å². The van der Waals surface area contributed by atoms with Crippen molar-refractivity contribution in [3.63, 3.8) is 0 Å². The van der Waals surface area contributed by atoms with Crippen molar-refractivity contribution in [3.05, 3.63) is 23.0 Å². The number of hydrogen-bond donors (Lipinski definition) is 2. The number of aromatic carboxylic acids is 1. The molecule has 0 bridgehead atoms. The lowest BCUT2D eigenvalue weighted by Crippen LogP contribution is -2.28. The second-order valence-electron chi connectivity index (χ2n) is 3.63. The average molecular weight is 227 g/mol. The van der Waals surface area contributed by atoms with Gasteiger partial charge < -0.3 is 10.4 Å². The van der Waals surface area contributed by atoms with Crippen molar-refractivity contribution in [1.82, 2.24) is 4.98 Å². The molecule has 1 aliphatic rings. The summed E-state index contributed by atoms with van der Waals surface area (Å²) in [6.07, 6.45) is 4.64. The Morgan fingerprint density at radius 1 is 1.60 bits per heavy atom. The quantitative estimate of drug-likeness (QED) is 0.777. The smallest absolute Gasteiger partial charge is 0.339 e. The van der Waals surface area contributed by atoms with Crippen LogP contribution in [0.4, 0.5) is 5.69 Å². The van der Waals surface area contributed by atoms with Gasteiger partial charge in [0, 0.05) is 12.2 Å². The molecule has 0 aliphatic heterocycles. The van der Waals surface area contributed by atoms with Gasteiger partial charge in [0.2, 0.25) is 0 Å². The Balaban J connectivity index is 2.24. The predicted octanol–water partition coefficient (Wildman–Crippen LogP) is 2.40. The van der Waals surface area contributed by atoms with Crippen molar-refractivity contribution < 1.29 is 9.90 Å². The molecular weight excluding hydrogens is 216 g/mol. The number of carboxylic acid groups (broad SMARTS) is 1. The molecule has 0 radical (unpaired) electrons. The molecule has 1 fully saturated rings. The van der Waals surface area contributed by atoms with E-state index in [1.54, 1.807) is 6.07 Å². The largest absolute Gasteiger partial charge is 0.478 e. The first-order chi connectivity index (χ1) is 7.16. The normalized spacial score (nSPS) is 15.8. The molecule has 15 heavy (non-hydrogen) atoms. The van der Waals surface area contributed by atoms with Crippen LogP contribution in [0.1, 0.15) is 29.6 Å². The Bertz CT molecular complexity index is 391. The van der Waals surface area contributed by atoms with E-state index in [1.807, 2.05) is 0 Å². The molecule has 2 rings (SSSR count). The third kappa shape index (κ3) is 2.21. The molecule has 1 aliphatic carbocycles. The summed E-state index contributed by atoms with van der Waals surface area (Å²) in [5, 5.41) is 12.4. The van der Waals surface area contributed by atoms with Gasteiger partial charge in [0.25, 0.3) is 0 Å². The molecule has 1 saturated carbocycles. The van der Waals surface area contributed by atoms with Gasteiger partial charge in [-0.15, -0.1) is 0 Å². The van der Waals surface area contributed by atoms with Crippen molar-refractivity contribution >= 4 is 23.3 Å². The zero-order valence-corrected chi connectivity index (χ0v) is 8.79. The van der Waals surface area contributed by atoms with Gasteiger partial charge in [0.15, 0.2) is 0 Å². The molecule has 1 aromatic heterocycles. The van der Waals surface area contributed by atoms with Crippen LogP contribution in [0.15, 0.2) is 12.3 Å². The van der Waals surface area contributed by atoms with Gasteiger partial charge in [-0.2, -0.15) is 0 Å². The highest BCUT2D eigenvalue weighted by atomic mass is 35.5. The third-order valence-electron chi connectivity index (χ3n) is 2.57. The number of carbonyl (C=O) groups is 1. The van der Waals surface area contributed by atoms with Crippen LogP contribution in [-0.2, 0) is 0 Å². The van der Waals surface area contributed by atoms with Crippen LogP contribution in [0.5, 0.6) is 0 Å². The molecule has 0 atom stereocenters. The number of nitrogens with one attached hydrogen (secondary N) is 1. The number of rotatable bonds is 3. The molecule has 1 aromatic rings. The highest BCUT2D eigenvalue weighted by Crippen LogP contribution is 2.26. The van der Waals surface area contributed by atoms with Gasteiger partial charge in [-0.1, -0.05) is 11.6 Å². The second-order valence-corrected chi connectivity index (χ2v) is 4.02. The summed E-state index contributed by atoms with van der Waals surface area (Å²) >= 11 is 5.72. The third-order valence-corrected chi connectivity index (χ3v) is 2.77. The van der Waals surface area contributed by atoms with E-state index in [9.17, 15) is 4.79 Å². The van der Waals surface area contributed by atoms with E-state index in [0.717, 1.165) is 12.8 Å². The maximum atomic E-state index is 10.9. The molecule has 2 N–H and O–H groups in total. The SMILES string of the molecule is O=C(O)c1cnc(Cl)cc1NC1CCC1.